The number of rotatable bonds is 6. The second-order valence-electron chi connectivity index (χ2n) is 6.30. The predicted octanol–water partition coefficient (Wildman–Crippen LogP) is 5.51. The maximum Gasteiger partial charge on any atom is 0.363 e. The van der Waals surface area contributed by atoms with Crippen LogP contribution in [-0.4, -0.2) is 22.8 Å². The van der Waals surface area contributed by atoms with Gasteiger partial charge in [0.2, 0.25) is 5.90 Å². The molecule has 2 aromatic rings. The number of nitrogens with zero attached hydrogens (tertiary/aromatic N) is 2. The molecule has 0 atom stereocenters. The number of nitro benzene ring substituents is 1. The maximum atomic E-state index is 12.3. The van der Waals surface area contributed by atoms with Gasteiger partial charge in [-0.15, -0.1) is 0 Å². The van der Waals surface area contributed by atoms with Crippen LogP contribution in [0.3, 0.4) is 0 Å². The lowest BCUT2D eigenvalue weighted by atomic mass is 10.2. The van der Waals surface area contributed by atoms with E-state index in [1.54, 1.807) is 12.1 Å². The van der Waals surface area contributed by atoms with Crippen LogP contribution < -0.4 is 4.74 Å². The number of non-ortho nitro benzene ring substituents is 1. The fourth-order valence-corrected chi connectivity index (χ4v) is 4.89. The molecule has 1 aliphatic heterocycles. The average Bonchev–Trinajstić information content (AvgIpc) is 3.04. The van der Waals surface area contributed by atoms with E-state index >= 15 is 0 Å². The molecule has 160 valence electrons. The van der Waals surface area contributed by atoms with E-state index in [0.29, 0.717) is 31.3 Å². The summed E-state index contributed by atoms with van der Waals surface area (Å²) in [6, 6.07) is 7.30. The number of carbonyl (C=O) groups excluding carboxylic acids is 2. The molecule has 0 saturated carbocycles. The summed E-state index contributed by atoms with van der Waals surface area (Å²) in [5.41, 5.74) is 0.798. The largest absolute Gasteiger partial charge is 0.424 e. The van der Waals surface area contributed by atoms with E-state index in [0.717, 1.165) is 6.07 Å². The lowest BCUT2D eigenvalue weighted by molar-refractivity contribution is -0.384. The van der Waals surface area contributed by atoms with Crippen LogP contribution in [0.5, 0.6) is 5.75 Å². The van der Waals surface area contributed by atoms with Crippen LogP contribution in [0, 0.1) is 17.3 Å². The first-order chi connectivity index (χ1) is 14.7. The second kappa shape index (κ2) is 10.0. The Kier molecular flexibility index (Phi) is 7.64. The van der Waals surface area contributed by atoms with Gasteiger partial charge in [0.05, 0.1) is 22.6 Å². The number of hydrogen-bond acceptors (Lipinski definition) is 7. The van der Waals surface area contributed by atoms with Gasteiger partial charge >= 0.3 is 11.9 Å². The second-order valence-corrected chi connectivity index (χ2v) is 9.03. The van der Waals surface area contributed by atoms with Crippen molar-refractivity contribution in [2.45, 2.75) is 19.8 Å². The quantitative estimate of drug-likeness (QED) is 0.101. The lowest BCUT2D eigenvalue weighted by Crippen LogP contribution is -2.09. The molecular weight excluding hydrogens is 653 g/mol. The summed E-state index contributed by atoms with van der Waals surface area (Å²) in [5.74, 6) is -0.547. The van der Waals surface area contributed by atoms with E-state index < -0.39 is 10.9 Å². The Balaban J connectivity index is 1.90. The van der Waals surface area contributed by atoms with Crippen molar-refractivity contribution in [1.82, 2.24) is 0 Å². The van der Waals surface area contributed by atoms with Crippen molar-refractivity contribution in [3.05, 3.63) is 69.4 Å². The highest BCUT2D eigenvalue weighted by Gasteiger charge is 2.26. The van der Waals surface area contributed by atoms with E-state index in [1.165, 1.54) is 18.2 Å². The number of benzene rings is 2. The molecule has 1 aliphatic rings. The van der Waals surface area contributed by atoms with Crippen molar-refractivity contribution in [3.63, 3.8) is 0 Å². The van der Waals surface area contributed by atoms with Crippen LogP contribution in [0.25, 0.3) is 6.08 Å². The highest BCUT2D eigenvalue weighted by Crippen LogP contribution is 2.31. The Morgan fingerprint density at radius 3 is 2.55 bits per heavy atom. The van der Waals surface area contributed by atoms with Crippen molar-refractivity contribution in [2.24, 2.45) is 4.99 Å². The Morgan fingerprint density at radius 1 is 1.29 bits per heavy atom. The van der Waals surface area contributed by atoms with Crippen molar-refractivity contribution >= 4 is 86.4 Å². The summed E-state index contributed by atoms with van der Waals surface area (Å²) < 4.78 is 12.0. The third-order valence-electron chi connectivity index (χ3n) is 4.01. The summed E-state index contributed by atoms with van der Waals surface area (Å²) >= 11 is 10.2. The molecule has 0 bridgehead atoms. The minimum Gasteiger partial charge on any atom is -0.424 e. The SMILES string of the molecule is CCCC(=O)Oc1c(I)cc(/C=C2\N=C(c3ccc([N+](=O)[O-])cc3Cl)OC2=O)cc1I. The molecule has 0 aromatic heterocycles. The minimum absolute atomic E-state index is 0.0364. The Morgan fingerprint density at radius 2 is 1.97 bits per heavy atom. The summed E-state index contributed by atoms with van der Waals surface area (Å²) in [7, 11) is 0. The first kappa shape index (κ1) is 23.6. The summed E-state index contributed by atoms with van der Waals surface area (Å²) in [4.78, 5) is 38.6. The molecule has 0 N–H and O–H groups in total. The first-order valence-electron chi connectivity index (χ1n) is 8.86. The van der Waals surface area contributed by atoms with Crippen LogP contribution in [0.4, 0.5) is 5.69 Å². The van der Waals surface area contributed by atoms with E-state index in [4.69, 9.17) is 21.1 Å². The molecular formula is C20H13ClI2N2O6. The summed E-state index contributed by atoms with van der Waals surface area (Å²) in [6.45, 7) is 1.89. The number of carbonyl (C=O) groups is 2. The Bertz CT molecular complexity index is 1140. The number of halogens is 3. The van der Waals surface area contributed by atoms with E-state index in [9.17, 15) is 19.7 Å². The average molecular weight is 667 g/mol. The highest BCUT2D eigenvalue weighted by molar-refractivity contribution is 14.1. The third kappa shape index (κ3) is 5.60. The zero-order valence-corrected chi connectivity index (χ0v) is 20.9. The Hall–Kier alpha value is -2.06. The van der Waals surface area contributed by atoms with Crippen molar-refractivity contribution in [3.8, 4) is 5.75 Å². The molecule has 0 aliphatic carbocycles. The van der Waals surface area contributed by atoms with Gasteiger partial charge in [-0.2, -0.15) is 0 Å². The molecule has 3 rings (SSSR count). The highest BCUT2D eigenvalue weighted by atomic mass is 127. The molecule has 0 fully saturated rings. The topological polar surface area (TPSA) is 108 Å². The Labute approximate surface area is 209 Å². The van der Waals surface area contributed by atoms with Crippen molar-refractivity contribution < 1.29 is 24.0 Å². The molecule has 11 heteroatoms. The van der Waals surface area contributed by atoms with Gasteiger partial charge in [0.15, 0.2) is 11.4 Å². The minimum atomic E-state index is -0.673. The molecule has 8 nitrogen and oxygen atoms in total. The molecule has 0 radical (unpaired) electrons. The smallest absolute Gasteiger partial charge is 0.363 e. The fraction of sp³-hybridized carbons (Fsp3) is 0.150. The zero-order valence-electron chi connectivity index (χ0n) is 15.9. The number of cyclic esters (lactones) is 1. The van der Waals surface area contributed by atoms with E-state index in [2.05, 4.69) is 50.2 Å². The van der Waals surface area contributed by atoms with Crippen LogP contribution >= 0.6 is 56.8 Å². The standard InChI is InChI=1S/C20H13ClI2N2O6/c1-2-3-17(26)30-18-14(22)6-10(7-15(18)23)8-16-20(27)31-19(24-16)12-5-4-11(25(28)29)9-13(12)21/h4-9H,2-3H2,1H3/b16-8-. The number of aliphatic imine (C=N–C) groups is 1. The van der Waals surface area contributed by atoms with Crippen molar-refractivity contribution in [1.29, 1.82) is 0 Å². The number of hydrogen-bond donors (Lipinski definition) is 0. The van der Waals surface area contributed by atoms with Gasteiger partial charge in [0.1, 0.15) is 0 Å². The fourth-order valence-electron chi connectivity index (χ4n) is 2.60. The van der Waals surface area contributed by atoms with Gasteiger partial charge in [0.25, 0.3) is 5.69 Å². The first-order valence-corrected chi connectivity index (χ1v) is 11.4. The molecule has 2 aromatic carbocycles. The molecule has 0 saturated heterocycles. The predicted molar refractivity (Wildman–Crippen MR) is 131 cm³/mol. The van der Waals surface area contributed by atoms with Crippen LogP contribution in [0.15, 0.2) is 41.0 Å². The van der Waals surface area contributed by atoms with Crippen LogP contribution in [-0.2, 0) is 14.3 Å². The zero-order chi connectivity index (χ0) is 22.7. The van der Waals surface area contributed by atoms with Gasteiger partial charge in [-0.1, -0.05) is 18.5 Å². The number of ether oxygens (including phenoxy) is 2. The van der Waals surface area contributed by atoms with E-state index in [1.807, 2.05) is 6.92 Å². The lowest BCUT2D eigenvalue weighted by Gasteiger charge is -2.09. The van der Waals surface area contributed by atoms with Gasteiger partial charge in [-0.25, -0.2) is 9.79 Å². The number of esters is 2. The molecule has 0 spiro atoms. The molecule has 31 heavy (non-hydrogen) atoms. The van der Waals surface area contributed by atoms with E-state index in [-0.39, 0.29) is 33.8 Å². The summed E-state index contributed by atoms with van der Waals surface area (Å²) in [5, 5.41) is 10.9. The van der Waals surface area contributed by atoms with Crippen LogP contribution in [0.2, 0.25) is 5.02 Å². The van der Waals surface area contributed by atoms with Gasteiger partial charge in [0, 0.05) is 18.6 Å². The third-order valence-corrected chi connectivity index (χ3v) is 5.92. The maximum absolute atomic E-state index is 12.3. The molecule has 1 heterocycles. The number of nitro groups is 1. The monoisotopic (exact) mass is 666 g/mol. The van der Waals surface area contributed by atoms with Crippen LogP contribution in [0.1, 0.15) is 30.9 Å². The molecule has 0 unspecified atom stereocenters. The normalized spacial score (nSPS) is 14.4. The van der Waals surface area contributed by atoms with Gasteiger partial charge in [-0.3, -0.25) is 14.9 Å². The van der Waals surface area contributed by atoms with Gasteiger partial charge in [-0.05, 0) is 81.4 Å². The van der Waals surface area contributed by atoms with Crippen molar-refractivity contribution in [2.75, 3.05) is 0 Å². The molecule has 0 amide bonds. The van der Waals surface area contributed by atoms with Gasteiger partial charge < -0.3 is 9.47 Å². The summed E-state index contributed by atoms with van der Waals surface area (Å²) in [6.07, 6.45) is 2.56.